The Labute approximate surface area is 130 Å². The molecule has 3 rings (SSSR count). The van der Waals surface area contributed by atoms with Crippen LogP contribution in [0.2, 0.25) is 0 Å². The van der Waals surface area contributed by atoms with Crippen LogP contribution in [0.3, 0.4) is 0 Å². The van der Waals surface area contributed by atoms with Crippen molar-refractivity contribution >= 4 is 17.3 Å². The lowest BCUT2D eigenvalue weighted by Gasteiger charge is -2.35. The van der Waals surface area contributed by atoms with Gasteiger partial charge in [0.1, 0.15) is 0 Å². The summed E-state index contributed by atoms with van der Waals surface area (Å²) in [4.78, 5) is 19.8. The number of carbonyl (C=O) groups is 1. The third-order valence-electron chi connectivity index (χ3n) is 4.09. The summed E-state index contributed by atoms with van der Waals surface area (Å²) in [5, 5.41) is 0. The van der Waals surface area contributed by atoms with Crippen LogP contribution in [0.1, 0.15) is 12.6 Å². The van der Waals surface area contributed by atoms with Crippen molar-refractivity contribution in [2.45, 2.75) is 13.8 Å². The minimum absolute atomic E-state index is 0.145. The van der Waals surface area contributed by atoms with Crippen LogP contribution in [0.15, 0.2) is 30.7 Å². The molecule has 0 atom stereocenters. The van der Waals surface area contributed by atoms with Crippen molar-refractivity contribution in [3.63, 3.8) is 0 Å². The molecule has 6 heteroatoms. The molecule has 2 heterocycles. The summed E-state index contributed by atoms with van der Waals surface area (Å²) in [5.74, 6) is 0.145. The Hall–Kier alpha value is -2.50. The summed E-state index contributed by atoms with van der Waals surface area (Å²) in [6.07, 6.45) is 3.74. The SMILES string of the molecule is CC(=O)N1CCN(c2ccc(N)c(-n3cnc(C)c3)c2)CC1. The molecule has 0 aliphatic carbocycles. The molecule has 1 saturated heterocycles. The first-order valence-corrected chi connectivity index (χ1v) is 7.45. The highest BCUT2D eigenvalue weighted by Gasteiger charge is 2.19. The first kappa shape index (κ1) is 14.4. The van der Waals surface area contributed by atoms with Gasteiger partial charge in [-0.1, -0.05) is 0 Å². The van der Waals surface area contributed by atoms with Crippen molar-refractivity contribution < 1.29 is 4.79 Å². The zero-order valence-corrected chi connectivity index (χ0v) is 13.0. The number of imidazole rings is 1. The van der Waals surface area contributed by atoms with Crippen LogP contribution in [0.4, 0.5) is 11.4 Å². The average molecular weight is 299 g/mol. The molecule has 22 heavy (non-hydrogen) atoms. The molecule has 1 amide bonds. The predicted octanol–water partition coefficient (Wildman–Crippen LogP) is 1.43. The number of hydrogen-bond donors (Lipinski definition) is 1. The summed E-state index contributed by atoms with van der Waals surface area (Å²) in [5.41, 5.74) is 9.85. The fourth-order valence-corrected chi connectivity index (χ4v) is 2.78. The fourth-order valence-electron chi connectivity index (χ4n) is 2.78. The first-order chi connectivity index (χ1) is 10.5. The van der Waals surface area contributed by atoms with Crippen LogP contribution < -0.4 is 10.6 Å². The van der Waals surface area contributed by atoms with E-state index in [0.29, 0.717) is 0 Å². The summed E-state index contributed by atoms with van der Waals surface area (Å²) in [6.45, 7) is 6.78. The maximum atomic E-state index is 11.4. The third-order valence-corrected chi connectivity index (χ3v) is 4.09. The normalized spacial score (nSPS) is 15.2. The largest absolute Gasteiger partial charge is 0.397 e. The van der Waals surface area contributed by atoms with Gasteiger partial charge in [-0.2, -0.15) is 0 Å². The number of hydrogen-bond acceptors (Lipinski definition) is 4. The Kier molecular flexibility index (Phi) is 3.75. The Morgan fingerprint density at radius 1 is 1.23 bits per heavy atom. The molecular weight excluding hydrogens is 278 g/mol. The molecule has 2 N–H and O–H groups in total. The second-order valence-electron chi connectivity index (χ2n) is 5.66. The van der Waals surface area contributed by atoms with Gasteiger partial charge < -0.3 is 20.1 Å². The Morgan fingerprint density at radius 3 is 2.55 bits per heavy atom. The topological polar surface area (TPSA) is 67.4 Å². The fraction of sp³-hybridized carbons (Fsp3) is 0.375. The number of benzene rings is 1. The summed E-state index contributed by atoms with van der Waals surface area (Å²) in [6, 6.07) is 6.04. The summed E-state index contributed by atoms with van der Waals surface area (Å²) in [7, 11) is 0. The quantitative estimate of drug-likeness (QED) is 0.852. The minimum Gasteiger partial charge on any atom is -0.397 e. The number of nitrogen functional groups attached to an aromatic ring is 1. The van der Waals surface area contributed by atoms with Gasteiger partial charge in [0.2, 0.25) is 5.91 Å². The van der Waals surface area contributed by atoms with E-state index < -0.39 is 0 Å². The molecule has 116 valence electrons. The van der Waals surface area contributed by atoms with Crippen molar-refractivity contribution in [2.75, 3.05) is 36.8 Å². The Morgan fingerprint density at radius 2 is 1.95 bits per heavy atom. The summed E-state index contributed by atoms with van der Waals surface area (Å²) >= 11 is 0. The van der Waals surface area contributed by atoms with Gasteiger partial charge in [0.15, 0.2) is 0 Å². The number of piperazine rings is 1. The number of aryl methyl sites for hydroxylation is 1. The standard InChI is InChI=1S/C16H21N5O/c1-12-10-21(11-18-12)16-9-14(3-4-15(16)17)20-7-5-19(6-8-20)13(2)22/h3-4,9-11H,5-8,17H2,1-2H3. The molecule has 0 saturated carbocycles. The van der Waals surface area contributed by atoms with E-state index in [1.54, 1.807) is 13.3 Å². The van der Waals surface area contributed by atoms with Crippen molar-refractivity contribution in [2.24, 2.45) is 0 Å². The third kappa shape index (κ3) is 2.77. The molecule has 1 aliphatic rings. The zero-order chi connectivity index (χ0) is 15.7. The molecule has 6 nitrogen and oxygen atoms in total. The second kappa shape index (κ2) is 5.71. The molecule has 0 spiro atoms. The van der Waals surface area contributed by atoms with Gasteiger partial charge in [-0.05, 0) is 25.1 Å². The van der Waals surface area contributed by atoms with E-state index in [-0.39, 0.29) is 5.91 Å². The van der Waals surface area contributed by atoms with Crippen LogP contribution in [-0.4, -0.2) is 46.5 Å². The predicted molar refractivity (Wildman–Crippen MR) is 87.2 cm³/mol. The van der Waals surface area contributed by atoms with Crippen LogP contribution in [0, 0.1) is 6.92 Å². The van der Waals surface area contributed by atoms with Gasteiger partial charge >= 0.3 is 0 Å². The lowest BCUT2D eigenvalue weighted by molar-refractivity contribution is -0.129. The van der Waals surface area contributed by atoms with E-state index in [4.69, 9.17) is 5.73 Å². The van der Waals surface area contributed by atoms with Gasteiger partial charge in [-0.25, -0.2) is 4.98 Å². The maximum Gasteiger partial charge on any atom is 0.219 e. The van der Waals surface area contributed by atoms with E-state index in [1.165, 1.54) is 0 Å². The Bertz CT molecular complexity index is 686. The van der Waals surface area contributed by atoms with Crippen LogP contribution in [0.25, 0.3) is 5.69 Å². The molecule has 1 fully saturated rings. The molecule has 1 aliphatic heterocycles. The molecule has 1 aromatic carbocycles. The van der Waals surface area contributed by atoms with E-state index >= 15 is 0 Å². The van der Waals surface area contributed by atoms with Crippen molar-refractivity contribution in [3.8, 4) is 5.69 Å². The van der Waals surface area contributed by atoms with E-state index in [2.05, 4.69) is 16.0 Å². The highest BCUT2D eigenvalue weighted by atomic mass is 16.2. The molecule has 0 bridgehead atoms. The first-order valence-electron chi connectivity index (χ1n) is 7.45. The van der Waals surface area contributed by atoms with Crippen LogP contribution in [0.5, 0.6) is 0 Å². The minimum atomic E-state index is 0.145. The lowest BCUT2D eigenvalue weighted by atomic mass is 10.2. The van der Waals surface area contributed by atoms with Gasteiger partial charge in [0.05, 0.1) is 23.4 Å². The number of nitrogens with two attached hydrogens (primary N) is 1. The van der Waals surface area contributed by atoms with Gasteiger partial charge in [-0.15, -0.1) is 0 Å². The number of amides is 1. The number of nitrogens with zero attached hydrogens (tertiary/aromatic N) is 4. The zero-order valence-electron chi connectivity index (χ0n) is 13.0. The van der Waals surface area contributed by atoms with Gasteiger partial charge in [0.25, 0.3) is 0 Å². The molecule has 0 radical (unpaired) electrons. The molecular formula is C16H21N5O. The summed E-state index contributed by atoms with van der Waals surface area (Å²) < 4.78 is 1.94. The second-order valence-corrected chi connectivity index (χ2v) is 5.66. The highest BCUT2D eigenvalue weighted by molar-refractivity contribution is 5.73. The smallest absolute Gasteiger partial charge is 0.219 e. The van der Waals surface area contributed by atoms with E-state index in [9.17, 15) is 4.79 Å². The average Bonchev–Trinajstić information content (AvgIpc) is 2.94. The van der Waals surface area contributed by atoms with Crippen molar-refractivity contribution in [1.29, 1.82) is 0 Å². The van der Waals surface area contributed by atoms with Crippen LogP contribution >= 0.6 is 0 Å². The lowest BCUT2D eigenvalue weighted by Crippen LogP contribution is -2.48. The van der Waals surface area contributed by atoms with Gasteiger partial charge in [0, 0.05) is 45.0 Å². The van der Waals surface area contributed by atoms with E-state index in [1.807, 2.05) is 34.7 Å². The monoisotopic (exact) mass is 299 g/mol. The molecule has 2 aromatic rings. The number of anilines is 2. The van der Waals surface area contributed by atoms with Crippen LogP contribution in [-0.2, 0) is 4.79 Å². The Balaban J connectivity index is 1.82. The number of rotatable bonds is 2. The highest BCUT2D eigenvalue weighted by Crippen LogP contribution is 2.25. The molecule has 0 unspecified atom stereocenters. The molecule has 1 aromatic heterocycles. The number of aromatic nitrogens is 2. The maximum absolute atomic E-state index is 11.4. The number of carbonyl (C=O) groups excluding carboxylic acids is 1. The van der Waals surface area contributed by atoms with Crippen molar-refractivity contribution in [3.05, 3.63) is 36.4 Å². The van der Waals surface area contributed by atoms with E-state index in [0.717, 1.165) is 48.9 Å². The van der Waals surface area contributed by atoms with Crippen molar-refractivity contribution in [1.82, 2.24) is 14.5 Å². The van der Waals surface area contributed by atoms with Gasteiger partial charge in [-0.3, -0.25) is 4.79 Å².